The predicted octanol–water partition coefficient (Wildman–Crippen LogP) is 5.01. The largest absolute Gasteiger partial charge is 0.496 e. The molecule has 1 aliphatic carbocycles. The van der Waals surface area contributed by atoms with E-state index in [1.54, 1.807) is 7.11 Å². The van der Waals surface area contributed by atoms with Crippen LogP contribution in [-0.2, 0) is 0 Å². The molecule has 0 radical (unpaired) electrons. The van der Waals surface area contributed by atoms with Gasteiger partial charge in [0.25, 0.3) is 0 Å². The molecule has 21 heavy (non-hydrogen) atoms. The zero-order valence-electron chi connectivity index (χ0n) is 14.0. The van der Waals surface area contributed by atoms with Crippen molar-refractivity contribution in [2.45, 2.75) is 64.8 Å². The molecule has 1 saturated carbocycles. The average Bonchev–Trinajstić information content (AvgIpc) is 2.75. The number of nitrogens with one attached hydrogen (secondary N) is 1. The molecule has 1 aromatic carbocycles. The molecule has 2 rings (SSSR count). The molecule has 0 heterocycles. The van der Waals surface area contributed by atoms with Crippen LogP contribution in [0.3, 0.4) is 0 Å². The van der Waals surface area contributed by atoms with Crippen LogP contribution in [0.5, 0.6) is 5.75 Å². The van der Waals surface area contributed by atoms with E-state index in [2.05, 4.69) is 37.4 Å². The Balaban J connectivity index is 2.15. The minimum atomic E-state index is 0.424. The smallest absolute Gasteiger partial charge is 0.123 e. The van der Waals surface area contributed by atoms with Gasteiger partial charge in [-0.1, -0.05) is 63.1 Å². The molecule has 0 amide bonds. The minimum Gasteiger partial charge on any atom is -0.496 e. The second-order valence-electron chi connectivity index (χ2n) is 6.45. The molecule has 1 N–H and O–H groups in total. The summed E-state index contributed by atoms with van der Waals surface area (Å²) in [4.78, 5) is 0. The van der Waals surface area contributed by atoms with Crippen LogP contribution in [-0.4, -0.2) is 13.7 Å². The van der Waals surface area contributed by atoms with Gasteiger partial charge in [0.2, 0.25) is 0 Å². The van der Waals surface area contributed by atoms with Crippen LogP contribution in [0, 0.1) is 12.8 Å². The summed E-state index contributed by atoms with van der Waals surface area (Å²) >= 11 is 0. The van der Waals surface area contributed by atoms with Gasteiger partial charge in [-0.3, -0.25) is 0 Å². The number of aryl methyl sites for hydroxylation is 1. The molecular weight excluding hydrogens is 258 g/mol. The van der Waals surface area contributed by atoms with Gasteiger partial charge in [0.1, 0.15) is 5.75 Å². The first kappa shape index (κ1) is 16.4. The van der Waals surface area contributed by atoms with Crippen molar-refractivity contribution in [1.29, 1.82) is 0 Å². The van der Waals surface area contributed by atoms with Gasteiger partial charge in [0.05, 0.1) is 7.11 Å². The maximum Gasteiger partial charge on any atom is 0.123 e. The molecule has 1 aliphatic rings. The Labute approximate surface area is 130 Å². The summed E-state index contributed by atoms with van der Waals surface area (Å²) in [6.07, 6.45) is 9.72. The van der Waals surface area contributed by atoms with Crippen molar-refractivity contribution in [1.82, 2.24) is 5.32 Å². The lowest BCUT2D eigenvalue weighted by atomic mass is 9.88. The summed E-state index contributed by atoms with van der Waals surface area (Å²) in [5, 5.41) is 3.69. The summed E-state index contributed by atoms with van der Waals surface area (Å²) < 4.78 is 5.60. The van der Waals surface area contributed by atoms with Crippen LogP contribution < -0.4 is 10.1 Å². The van der Waals surface area contributed by atoms with Crippen molar-refractivity contribution >= 4 is 0 Å². The fraction of sp³-hybridized carbons (Fsp3) is 0.684. The normalized spacial score (nSPS) is 18.2. The van der Waals surface area contributed by atoms with Crippen molar-refractivity contribution < 1.29 is 4.74 Å². The van der Waals surface area contributed by atoms with Crippen molar-refractivity contribution in [3.63, 3.8) is 0 Å². The predicted molar refractivity (Wildman–Crippen MR) is 90.0 cm³/mol. The summed E-state index contributed by atoms with van der Waals surface area (Å²) in [6.45, 7) is 5.37. The lowest BCUT2D eigenvalue weighted by Crippen LogP contribution is -2.24. The summed E-state index contributed by atoms with van der Waals surface area (Å²) in [5.74, 6) is 1.89. The van der Waals surface area contributed by atoms with E-state index in [9.17, 15) is 0 Å². The summed E-state index contributed by atoms with van der Waals surface area (Å²) in [5.41, 5.74) is 2.65. The fourth-order valence-electron chi connectivity index (χ4n) is 3.63. The van der Waals surface area contributed by atoms with E-state index in [4.69, 9.17) is 4.74 Å². The third-order valence-electron chi connectivity index (χ3n) is 4.75. The highest BCUT2D eigenvalue weighted by atomic mass is 16.5. The Morgan fingerprint density at radius 1 is 1.19 bits per heavy atom. The third kappa shape index (κ3) is 4.74. The molecule has 2 nitrogen and oxygen atoms in total. The molecule has 118 valence electrons. The number of ether oxygens (including phenoxy) is 1. The third-order valence-corrected chi connectivity index (χ3v) is 4.75. The number of hydrogen-bond acceptors (Lipinski definition) is 2. The fourth-order valence-corrected chi connectivity index (χ4v) is 3.63. The molecule has 1 unspecified atom stereocenters. The molecule has 1 fully saturated rings. The van der Waals surface area contributed by atoms with E-state index in [0.29, 0.717) is 6.04 Å². The Morgan fingerprint density at radius 2 is 1.90 bits per heavy atom. The van der Waals surface area contributed by atoms with Crippen LogP contribution in [0.4, 0.5) is 0 Å². The number of benzene rings is 1. The molecule has 1 aromatic rings. The van der Waals surface area contributed by atoms with Crippen molar-refractivity contribution in [2.75, 3.05) is 13.7 Å². The maximum atomic E-state index is 5.60. The standard InChI is InChI=1S/C19H31NO/c1-4-20-18(14-16-9-7-5-6-8-10-16)17-13-15(2)11-12-19(17)21-3/h11-13,16,18,20H,4-10,14H2,1-3H3. The topological polar surface area (TPSA) is 21.3 Å². The quantitative estimate of drug-likeness (QED) is 0.743. The van der Waals surface area contributed by atoms with Gasteiger partial charge in [-0.15, -0.1) is 0 Å². The highest BCUT2D eigenvalue weighted by Gasteiger charge is 2.21. The molecule has 0 spiro atoms. The monoisotopic (exact) mass is 289 g/mol. The van der Waals surface area contributed by atoms with Crippen LogP contribution >= 0.6 is 0 Å². The second kappa shape index (κ2) is 8.43. The van der Waals surface area contributed by atoms with E-state index in [1.807, 2.05) is 0 Å². The van der Waals surface area contributed by atoms with Gasteiger partial charge < -0.3 is 10.1 Å². The number of rotatable bonds is 6. The molecule has 1 atom stereocenters. The van der Waals surface area contributed by atoms with Gasteiger partial charge in [0.15, 0.2) is 0 Å². The summed E-state index contributed by atoms with van der Waals surface area (Å²) in [7, 11) is 1.78. The van der Waals surface area contributed by atoms with Crippen molar-refractivity contribution in [3.05, 3.63) is 29.3 Å². The van der Waals surface area contributed by atoms with Crippen LogP contribution in [0.25, 0.3) is 0 Å². The molecule has 0 aliphatic heterocycles. The maximum absolute atomic E-state index is 5.60. The van der Waals surface area contributed by atoms with Crippen LogP contribution in [0.1, 0.15) is 69.0 Å². The van der Waals surface area contributed by atoms with E-state index in [1.165, 1.54) is 56.1 Å². The Hall–Kier alpha value is -1.02. The van der Waals surface area contributed by atoms with E-state index in [-0.39, 0.29) is 0 Å². The first-order valence-electron chi connectivity index (χ1n) is 8.62. The Morgan fingerprint density at radius 3 is 2.52 bits per heavy atom. The molecule has 0 bridgehead atoms. The Bertz CT molecular complexity index is 422. The highest BCUT2D eigenvalue weighted by Crippen LogP contribution is 2.34. The minimum absolute atomic E-state index is 0.424. The van der Waals surface area contributed by atoms with E-state index >= 15 is 0 Å². The SMILES string of the molecule is CCNC(CC1CCCCCC1)c1cc(C)ccc1OC. The van der Waals surface area contributed by atoms with Gasteiger partial charge in [-0.05, 0) is 31.9 Å². The van der Waals surface area contributed by atoms with E-state index < -0.39 is 0 Å². The number of hydrogen-bond donors (Lipinski definition) is 1. The lowest BCUT2D eigenvalue weighted by molar-refractivity contribution is 0.345. The molecule has 0 aromatic heterocycles. The van der Waals surface area contributed by atoms with Crippen LogP contribution in [0.15, 0.2) is 18.2 Å². The lowest BCUT2D eigenvalue weighted by Gasteiger charge is -2.25. The van der Waals surface area contributed by atoms with Crippen molar-refractivity contribution in [2.24, 2.45) is 5.92 Å². The molecule has 2 heteroatoms. The Kier molecular flexibility index (Phi) is 6.56. The molecule has 0 saturated heterocycles. The number of methoxy groups -OCH3 is 1. The van der Waals surface area contributed by atoms with Crippen molar-refractivity contribution in [3.8, 4) is 5.75 Å². The van der Waals surface area contributed by atoms with Crippen LogP contribution in [0.2, 0.25) is 0 Å². The summed E-state index contributed by atoms with van der Waals surface area (Å²) in [6, 6.07) is 6.97. The van der Waals surface area contributed by atoms with E-state index in [0.717, 1.165) is 18.2 Å². The van der Waals surface area contributed by atoms with Gasteiger partial charge in [-0.25, -0.2) is 0 Å². The molecular formula is C19H31NO. The first-order valence-corrected chi connectivity index (χ1v) is 8.62. The first-order chi connectivity index (χ1) is 10.2. The average molecular weight is 289 g/mol. The zero-order chi connectivity index (χ0) is 15.1. The van der Waals surface area contributed by atoms with Gasteiger partial charge in [-0.2, -0.15) is 0 Å². The van der Waals surface area contributed by atoms with Gasteiger partial charge in [0, 0.05) is 11.6 Å². The zero-order valence-corrected chi connectivity index (χ0v) is 14.0. The highest BCUT2D eigenvalue weighted by molar-refractivity contribution is 5.39. The van der Waals surface area contributed by atoms with Gasteiger partial charge >= 0.3 is 0 Å². The second-order valence-corrected chi connectivity index (χ2v) is 6.45.